The molecule has 1 rings (SSSR count). The lowest BCUT2D eigenvalue weighted by Crippen LogP contribution is -2.43. The van der Waals surface area contributed by atoms with E-state index in [-0.39, 0.29) is 29.7 Å². The number of nitrogens with one attached hydrogen (secondary N) is 2. The van der Waals surface area contributed by atoms with E-state index in [0.717, 1.165) is 11.2 Å². The van der Waals surface area contributed by atoms with Gasteiger partial charge in [0.1, 0.15) is 9.84 Å². The molecular formula is C12H26IN3O2S2. The normalized spacial score (nSPS) is 23.2. The largest absolute Gasteiger partial charge is 0.356 e. The fourth-order valence-corrected chi connectivity index (χ4v) is 3.68. The molecule has 1 aliphatic carbocycles. The third-order valence-corrected chi connectivity index (χ3v) is 5.39. The molecule has 0 amide bonds. The molecule has 0 heterocycles. The maximum absolute atomic E-state index is 11.0. The van der Waals surface area contributed by atoms with Crippen molar-refractivity contribution in [1.29, 1.82) is 0 Å². The van der Waals surface area contributed by atoms with E-state index in [0.29, 0.717) is 19.0 Å². The molecule has 1 aliphatic rings. The highest BCUT2D eigenvalue weighted by molar-refractivity contribution is 14.0. The van der Waals surface area contributed by atoms with Crippen LogP contribution >= 0.6 is 35.7 Å². The predicted molar refractivity (Wildman–Crippen MR) is 99.2 cm³/mol. The topological polar surface area (TPSA) is 70.6 Å². The minimum atomic E-state index is -2.86. The van der Waals surface area contributed by atoms with Crippen molar-refractivity contribution in [3.8, 4) is 0 Å². The molecule has 8 heteroatoms. The average Bonchev–Trinajstić information content (AvgIpc) is 2.79. The molecular weight excluding hydrogens is 409 g/mol. The molecule has 0 aromatic rings. The third kappa shape index (κ3) is 8.56. The Labute approximate surface area is 144 Å². The summed E-state index contributed by atoms with van der Waals surface area (Å²) in [5, 5.41) is 7.32. The first kappa shape index (κ1) is 20.3. The van der Waals surface area contributed by atoms with Gasteiger partial charge in [-0.2, -0.15) is 11.8 Å². The summed E-state index contributed by atoms with van der Waals surface area (Å²) in [7, 11) is -1.12. The highest BCUT2D eigenvalue weighted by Gasteiger charge is 2.24. The maximum atomic E-state index is 11.0. The Morgan fingerprint density at radius 1 is 1.40 bits per heavy atom. The fraction of sp³-hybridized carbons (Fsp3) is 0.917. The highest BCUT2D eigenvalue weighted by Crippen LogP contribution is 2.27. The van der Waals surface area contributed by atoms with Gasteiger partial charge in [0.05, 0.1) is 5.75 Å². The summed E-state index contributed by atoms with van der Waals surface area (Å²) in [6.45, 7) is 0.630. The van der Waals surface area contributed by atoms with E-state index >= 15 is 0 Å². The van der Waals surface area contributed by atoms with Crippen molar-refractivity contribution in [2.75, 3.05) is 31.9 Å². The number of nitrogens with zero attached hydrogens (tertiary/aromatic N) is 1. The van der Waals surface area contributed by atoms with Crippen molar-refractivity contribution in [2.45, 2.75) is 37.0 Å². The van der Waals surface area contributed by atoms with Gasteiger partial charge in [-0.1, -0.05) is 0 Å². The van der Waals surface area contributed by atoms with Gasteiger partial charge in [0, 0.05) is 31.1 Å². The van der Waals surface area contributed by atoms with Crippen LogP contribution in [0.1, 0.15) is 25.7 Å². The SMILES string of the molecule is CN=C(NCCCS(C)(=O)=O)NC1CCC(SC)C1.I. The van der Waals surface area contributed by atoms with Crippen LogP contribution in [0.3, 0.4) is 0 Å². The monoisotopic (exact) mass is 435 g/mol. The first-order chi connectivity index (χ1) is 8.94. The molecule has 2 unspecified atom stereocenters. The van der Waals surface area contributed by atoms with E-state index in [2.05, 4.69) is 21.9 Å². The van der Waals surface area contributed by atoms with Gasteiger partial charge in [-0.25, -0.2) is 8.42 Å². The van der Waals surface area contributed by atoms with E-state index < -0.39 is 9.84 Å². The molecule has 2 N–H and O–H groups in total. The van der Waals surface area contributed by atoms with Crippen molar-refractivity contribution in [1.82, 2.24) is 10.6 Å². The quantitative estimate of drug-likeness (QED) is 0.286. The second-order valence-corrected chi connectivity index (χ2v) is 8.39. The highest BCUT2D eigenvalue weighted by atomic mass is 127. The van der Waals surface area contributed by atoms with Crippen LogP contribution in [0.2, 0.25) is 0 Å². The van der Waals surface area contributed by atoms with E-state index in [9.17, 15) is 8.42 Å². The molecule has 1 fully saturated rings. The molecule has 0 saturated heterocycles. The van der Waals surface area contributed by atoms with Crippen molar-refractivity contribution >= 4 is 51.5 Å². The average molecular weight is 435 g/mol. The number of guanidine groups is 1. The molecule has 0 spiro atoms. The van der Waals surface area contributed by atoms with Crippen LogP contribution < -0.4 is 10.6 Å². The number of hydrogen-bond donors (Lipinski definition) is 2. The molecule has 5 nitrogen and oxygen atoms in total. The van der Waals surface area contributed by atoms with Crippen molar-refractivity contribution in [2.24, 2.45) is 4.99 Å². The zero-order valence-electron chi connectivity index (χ0n) is 12.4. The van der Waals surface area contributed by atoms with Gasteiger partial charge in [0.15, 0.2) is 5.96 Å². The van der Waals surface area contributed by atoms with Gasteiger partial charge >= 0.3 is 0 Å². The Balaban J connectivity index is 0.00000361. The zero-order chi connectivity index (χ0) is 14.3. The second-order valence-electron chi connectivity index (χ2n) is 4.99. The molecule has 120 valence electrons. The van der Waals surface area contributed by atoms with Gasteiger partial charge < -0.3 is 10.6 Å². The predicted octanol–water partition coefficient (Wildman–Crippen LogP) is 1.49. The van der Waals surface area contributed by atoms with Crippen molar-refractivity contribution < 1.29 is 8.42 Å². The lowest BCUT2D eigenvalue weighted by atomic mass is 10.2. The van der Waals surface area contributed by atoms with E-state index in [1.807, 2.05) is 11.8 Å². The van der Waals surface area contributed by atoms with Crippen LogP contribution in [0.15, 0.2) is 4.99 Å². The number of hydrogen-bond acceptors (Lipinski definition) is 4. The van der Waals surface area contributed by atoms with Gasteiger partial charge in [-0.05, 0) is 31.9 Å². The molecule has 0 aromatic heterocycles. The molecule has 0 aromatic carbocycles. The standard InChI is InChI=1S/C12H25N3O2S2.HI/c1-13-12(14-7-4-8-19(3,16)17)15-10-5-6-11(9-10)18-2;/h10-11H,4-9H2,1-3H3,(H2,13,14,15);1H. The molecule has 0 aliphatic heterocycles. The van der Waals surface area contributed by atoms with Crippen LogP contribution in [-0.2, 0) is 9.84 Å². The second kappa shape index (κ2) is 10.1. The summed E-state index contributed by atoms with van der Waals surface area (Å²) in [5.74, 6) is 0.995. The molecule has 2 atom stereocenters. The third-order valence-electron chi connectivity index (χ3n) is 3.27. The summed E-state index contributed by atoms with van der Waals surface area (Å²) >= 11 is 1.93. The van der Waals surface area contributed by atoms with Crippen LogP contribution in [0, 0.1) is 0 Å². The summed E-state index contributed by atoms with van der Waals surface area (Å²) < 4.78 is 22.0. The van der Waals surface area contributed by atoms with E-state index in [1.165, 1.54) is 25.5 Å². The van der Waals surface area contributed by atoms with Crippen LogP contribution in [0.4, 0.5) is 0 Å². The Hall–Kier alpha value is 0.300. The number of sulfone groups is 1. The Morgan fingerprint density at radius 3 is 2.60 bits per heavy atom. The fourth-order valence-electron chi connectivity index (χ4n) is 2.21. The summed E-state index contributed by atoms with van der Waals surface area (Å²) in [6, 6.07) is 0.485. The van der Waals surface area contributed by atoms with Crippen LogP contribution in [0.5, 0.6) is 0 Å². The van der Waals surface area contributed by atoms with Gasteiger partial charge in [-0.15, -0.1) is 24.0 Å². The van der Waals surface area contributed by atoms with E-state index in [4.69, 9.17) is 0 Å². The van der Waals surface area contributed by atoms with Crippen LogP contribution in [0.25, 0.3) is 0 Å². The van der Waals surface area contributed by atoms with Crippen molar-refractivity contribution in [3.05, 3.63) is 0 Å². The maximum Gasteiger partial charge on any atom is 0.191 e. The lowest BCUT2D eigenvalue weighted by Gasteiger charge is -2.17. The minimum Gasteiger partial charge on any atom is -0.356 e. The van der Waals surface area contributed by atoms with Gasteiger partial charge in [0.2, 0.25) is 0 Å². The first-order valence-electron chi connectivity index (χ1n) is 6.62. The summed E-state index contributed by atoms with van der Waals surface area (Å²) in [5.41, 5.74) is 0. The van der Waals surface area contributed by atoms with E-state index in [1.54, 1.807) is 7.05 Å². The Bertz CT molecular complexity index is 402. The molecule has 0 bridgehead atoms. The number of aliphatic imine (C=N–C) groups is 1. The number of rotatable bonds is 6. The first-order valence-corrected chi connectivity index (χ1v) is 9.97. The summed E-state index contributed by atoms with van der Waals surface area (Å²) in [4.78, 5) is 4.17. The summed E-state index contributed by atoms with van der Waals surface area (Å²) in [6.07, 6.45) is 7.63. The minimum absolute atomic E-state index is 0. The zero-order valence-corrected chi connectivity index (χ0v) is 16.3. The molecule has 1 saturated carbocycles. The smallest absolute Gasteiger partial charge is 0.191 e. The Morgan fingerprint density at radius 2 is 2.10 bits per heavy atom. The van der Waals surface area contributed by atoms with Crippen molar-refractivity contribution in [3.63, 3.8) is 0 Å². The lowest BCUT2D eigenvalue weighted by molar-refractivity contribution is 0.595. The van der Waals surface area contributed by atoms with Gasteiger partial charge in [0.25, 0.3) is 0 Å². The number of halogens is 1. The Kier molecular flexibility index (Phi) is 10.2. The number of thioether (sulfide) groups is 1. The molecule has 20 heavy (non-hydrogen) atoms. The molecule has 0 radical (unpaired) electrons. The van der Waals surface area contributed by atoms with Crippen LogP contribution in [-0.4, -0.2) is 57.5 Å². The van der Waals surface area contributed by atoms with Gasteiger partial charge in [-0.3, -0.25) is 4.99 Å².